The molecule has 0 radical (unpaired) electrons. The number of rotatable bonds is 11. The van der Waals surface area contributed by atoms with Crippen LogP contribution in [0, 0.1) is 0 Å². The van der Waals surface area contributed by atoms with E-state index < -0.39 is 0 Å². The number of esters is 1. The van der Waals surface area contributed by atoms with Gasteiger partial charge >= 0.3 is 5.97 Å². The fourth-order valence-corrected chi connectivity index (χ4v) is 1.81. The largest absolute Gasteiger partial charge is 0.461 e. The Balaban J connectivity index is 1.73. The lowest BCUT2D eigenvalue weighted by Crippen LogP contribution is -2.03. The van der Waals surface area contributed by atoms with Crippen LogP contribution in [0.5, 0.6) is 0 Å². The molecule has 0 aromatic carbocycles. The smallest absolute Gasteiger partial charge is 0.306 e. The van der Waals surface area contributed by atoms with Crippen LogP contribution in [0.1, 0.15) is 51.4 Å². The summed E-state index contributed by atoms with van der Waals surface area (Å²) in [5, 5.41) is 0. The van der Waals surface area contributed by atoms with E-state index >= 15 is 0 Å². The maximum absolute atomic E-state index is 11.1. The number of hydrogen-bond donors (Lipinski definition) is 0. The Morgan fingerprint density at radius 3 is 2.53 bits per heavy atom. The highest BCUT2D eigenvalue weighted by Gasteiger charge is 2.20. The van der Waals surface area contributed by atoms with E-state index in [0.717, 1.165) is 19.4 Å². The Bertz CT molecular complexity index is 222. The summed E-state index contributed by atoms with van der Waals surface area (Å²) in [6.45, 7) is 4.82. The normalized spacial score (nSPS) is 17.8. The van der Waals surface area contributed by atoms with Crippen molar-refractivity contribution in [3.63, 3.8) is 0 Å². The number of hydrogen-bond acceptors (Lipinski definition) is 3. The molecule has 0 aromatic heterocycles. The molecule has 0 aliphatic carbocycles. The van der Waals surface area contributed by atoms with E-state index in [2.05, 4.69) is 6.58 Å². The van der Waals surface area contributed by atoms with Crippen LogP contribution in [-0.4, -0.2) is 25.3 Å². The third-order valence-electron chi connectivity index (χ3n) is 2.92. The molecule has 3 nitrogen and oxygen atoms in total. The lowest BCUT2D eigenvalue weighted by atomic mass is 10.1. The first-order valence-corrected chi connectivity index (χ1v) is 6.71. The van der Waals surface area contributed by atoms with Crippen molar-refractivity contribution in [3.05, 3.63) is 12.7 Å². The van der Waals surface area contributed by atoms with Gasteiger partial charge in [0, 0.05) is 6.42 Å². The summed E-state index contributed by atoms with van der Waals surface area (Å²) in [6, 6.07) is 0. The molecule has 1 aliphatic heterocycles. The number of epoxide rings is 1. The summed E-state index contributed by atoms with van der Waals surface area (Å²) in [4.78, 5) is 11.1. The maximum Gasteiger partial charge on any atom is 0.306 e. The first-order chi connectivity index (χ1) is 8.33. The second-order valence-corrected chi connectivity index (χ2v) is 4.59. The lowest BCUT2D eigenvalue weighted by molar-refractivity contribution is -0.142. The predicted octanol–water partition coefficient (Wildman–Crippen LogP) is 3.24. The van der Waals surface area contributed by atoms with E-state index in [0.29, 0.717) is 19.1 Å². The van der Waals surface area contributed by atoms with Crippen molar-refractivity contribution in [2.45, 2.75) is 57.5 Å². The first kappa shape index (κ1) is 14.2. The molecule has 0 aromatic rings. The summed E-state index contributed by atoms with van der Waals surface area (Å²) in [6.07, 6.45) is 11.1. The van der Waals surface area contributed by atoms with Crippen LogP contribution in [0.15, 0.2) is 12.7 Å². The SMILES string of the molecule is C=CCOC(=O)CCCCCCCCC1CO1. The van der Waals surface area contributed by atoms with Crippen molar-refractivity contribution in [1.29, 1.82) is 0 Å². The van der Waals surface area contributed by atoms with Crippen LogP contribution in [0.25, 0.3) is 0 Å². The molecule has 0 N–H and O–H groups in total. The number of unbranched alkanes of at least 4 members (excludes halogenated alkanes) is 5. The fourth-order valence-electron chi connectivity index (χ4n) is 1.81. The minimum Gasteiger partial charge on any atom is -0.461 e. The molecule has 1 rings (SSSR count). The molecule has 0 amide bonds. The summed E-state index contributed by atoms with van der Waals surface area (Å²) < 4.78 is 10.1. The molecular weight excluding hydrogens is 216 g/mol. The van der Waals surface area contributed by atoms with E-state index in [1.807, 2.05) is 0 Å². The zero-order valence-electron chi connectivity index (χ0n) is 10.7. The molecule has 98 valence electrons. The highest BCUT2D eigenvalue weighted by Crippen LogP contribution is 2.18. The van der Waals surface area contributed by atoms with Crippen LogP contribution < -0.4 is 0 Å². The molecule has 1 fully saturated rings. The average molecular weight is 240 g/mol. The second kappa shape index (κ2) is 9.23. The van der Waals surface area contributed by atoms with E-state index in [9.17, 15) is 4.79 Å². The molecular formula is C14H24O3. The molecule has 1 atom stereocenters. The van der Waals surface area contributed by atoms with Crippen LogP contribution in [-0.2, 0) is 14.3 Å². The molecule has 1 saturated heterocycles. The highest BCUT2D eigenvalue weighted by atomic mass is 16.6. The van der Waals surface area contributed by atoms with Crippen LogP contribution >= 0.6 is 0 Å². The number of carbonyl (C=O) groups is 1. The van der Waals surface area contributed by atoms with Crippen molar-refractivity contribution >= 4 is 5.97 Å². The Hall–Kier alpha value is -0.830. The van der Waals surface area contributed by atoms with Gasteiger partial charge in [0.15, 0.2) is 0 Å². The van der Waals surface area contributed by atoms with Gasteiger partial charge in [-0.05, 0) is 12.8 Å². The summed E-state index contributed by atoms with van der Waals surface area (Å²) in [5.74, 6) is -0.101. The van der Waals surface area contributed by atoms with Gasteiger partial charge in [-0.25, -0.2) is 0 Å². The Morgan fingerprint density at radius 1 is 1.24 bits per heavy atom. The van der Waals surface area contributed by atoms with Gasteiger partial charge in [-0.15, -0.1) is 0 Å². The zero-order valence-corrected chi connectivity index (χ0v) is 10.7. The Kier molecular flexibility index (Phi) is 7.72. The van der Waals surface area contributed by atoms with Crippen molar-refractivity contribution in [3.8, 4) is 0 Å². The summed E-state index contributed by atoms with van der Waals surface area (Å²) in [5.41, 5.74) is 0. The van der Waals surface area contributed by atoms with Crippen LogP contribution in [0.3, 0.4) is 0 Å². The van der Waals surface area contributed by atoms with Gasteiger partial charge in [0.25, 0.3) is 0 Å². The Labute approximate surface area is 104 Å². The third kappa shape index (κ3) is 8.93. The molecule has 1 unspecified atom stereocenters. The molecule has 0 bridgehead atoms. The zero-order chi connectivity index (χ0) is 12.3. The standard InChI is InChI=1S/C14H24O3/c1-2-11-16-14(15)10-8-6-4-3-5-7-9-13-12-17-13/h2,13H,1,3-12H2. The van der Waals surface area contributed by atoms with Gasteiger partial charge in [-0.3, -0.25) is 4.79 Å². The average Bonchev–Trinajstić information content (AvgIpc) is 3.14. The number of ether oxygens (including phenoxy) is 2. The van der Waals surface area contributed by atoms with Gasteiger partial charge in [0.05, 0.1) is 12.7 Å². The van der Waals surface area contributed by atoms with Gasteiger partial charge < -0.3 is 9.47 Å². The molecule has 17 heavy (non-hydrogen) atoms. The molecule has 1 aliphatic rings. The minimum atomic E-state index is -0.101. The van der Waals surface area contributed by atoms with E-state index in [4.69, 9.17) is 9.47 Å². The fraction of sp³-hybridized carbons (Fsp3) is 0.786. The van der Waals surface area contributed by atoms with Crippen molar-refractivity contribution in [2.75, 3.05) is 13.2 Å². The second-order valence-electron chi connectivity index (χ2n) is 4.59. The first-order valence-electron chi connectivity index (χ1n) is 6.71. The minimum absolute atomic E-state index is 0.101. The van der Waals surface area contributed by atoms with E-state index in [1.165, 1.54) is 32.1 Å². The van der Waals surface area contributed by atoms with Crippen molar-refractivity contribution in [2.24, 2.45) is 0 Å². The molecule has 0 spiro atoms. The van der Waals surface area contributed by atoms with E-state index in [-0.39, 0.29) is 5.97 Å². The predicted molar refractivity (Wildman–Crippen MR) is 67.8 cm³/mol. The van der Waals surface area contributed by atoms with E-state index in [1.54, 1.807) is 6.08 Å². The monoisotopic (exact) mass is 240 g/mol. The quantitative estimate of drug-likeness (QED) is 0.241. The summed E-state index contributed by atoms with van der Waals surface area (Å²) in [7, 11) is 0. The van der Waals surface area contributed by atoms with Gasteiger partial charge in [-0.2, -0.15) is 0 Å². The van der Waals surface area contributed by atoms with Crippen LogP contribution in [0.4, 0.5) is 0 Å². The molecule has 1 heterocycles. The van der Waals surface area contributed by atoms with Gasteiger partial charge in [0.2, 0.25) is 0 Å². The Morgan fingerprint density at radius 2 is 1.88 bits per heavy atom. The highest BCUT2D eigenvalue weighted by molar-refractivity contribution is 5.69. The lowest BCUT2D eigenvalue weighted by Gasteiger charge is -2.02. The van der Waals surface area contributed by atoms with Crippen molar-refractivity contribution in [1.82, 2.24) is 0 Å². The molecule has 3 heteroatoms. The topological polar surface area (TPSA) is 38.8 Å². The maximum atomic E-state index is 11.1. The number of carbonyl (C=O) groups excluding carboxylic acids is 1. The van der Waals surface area contributed by atoms with Gasteiger partial charge in [0.1, 0.15) is 6.61 Å². The molecule has 0 saturated carbocycles. The third-order valence-corrected chi connectivity index (χ3v) is 2.92. The van der Waals surface area contributed by atoms with Gasteiger partial charge in [-0.1, -0.05) is 44.8 Å². The van der Waals surface area contributed by atoms with Crippen molar-refractivity contribution < 1.29 is 14.3 Å². The van der Waals surface area contributed by atoms with Crippen LogP contribution in [0.2, 0.25) is 0 Å². The summed E-state index contributed by atoms with van der Waals surface area (Å²) >= 11 is 0.